The van der Waals surface area contributed by atoms with E-state index >= 15 is 0 Å². The molecule has 0 radical (unpaired) electrons. The molecule has 0 atom stereocenters. The highest BCUT2D eigenvalue weighted by atomic mass is 35.5. The molecule has 0 aliphatic carbocycles. The van der Waals surface area contributed by atoms with Gasteiger partial charge in [0, 0.05) is 17.8 Å². The second-order valence-electron chi connectivity index (χ2n) is 4.30. The maximum Gasteiger partial charge on any atom is 0.325 e. The largest absolute Gasteiger partial charge is 0.465 e. The first-order valence-corrected chi connectivity index (χ1v) is 7.11. The van der Waals surface area contributed by atoms with E-state index in [-0.39, 0.29) is 30.8 Å². The third-order valence-electron chi connectivity index (χ3n) is 2.72. The van der Waals surface area contributed by atoms with E-state index in [2.05, 4.69) is 11.6 Å². The summed E-state index contributed by atoms with van der Waals surface area (Å²) >= 11 is 5.92. The van der Waals surface area contributed by atoms with Gasteiger partial charge >= 0.3 is 5.97 Å². The van der Waals surface area contributed by atoms with Crippen molar-refractivity contribution in [1.82, 2.24) is 9.88 Å². The lowest BCUT2D eigenvalue weighted by Crippen LogP contribution is -2.36. The summed E-state index contributed by atoms with van der Waals surface area (Å²) < 4.78 is 4.87. The number of amides is 1. The first kappa shape index (κ1) is 17.2. The zero-order chi connectivity index (χ0) is 15.8. The van der Waals surface area contributed by atoms with Crippen molar-refractivity contribution in [3.8, 4) is 0 Å². The highest BCUT2D eigenvalue weighted by Crippen LogP contribution is 2.14. The summed E-state index contributed by atoms with van der Waals surface area (Å²) in [7, 11) is 0. The lowest BCUT2D eigenvalue weighted by atomic mass is 10.1. The third kappa shape index (κ3) is 5.19. The highest BCUT2D eigenvalue weighted by molar-refractivity contribution is 6.29. The van der Waals surface area contributed by atoms with Gasteiger partial charge in [-0.15, -0.1) is 6.58 Å². The fraction of sp³-hybridized carbons (Fsp3) is 0.400. The molecule has 0 fully saturated rings. The SMILES string of the molecule is C=CCN(CC(=O)OCC)C(=O)c1cc(Cl)nc(CC)c1. The topological polar surface area (TPSA) is 59.5 Å². The number of ether oxygens (including phenoxy) is 1. The van der Waals surface area contributed by atoms with Crippen molar-refractivity contribution in [3.63, 3.8) is 0 Å². The molecule has 0 saturated heterocycles. The van der Waals surface area contributed by atoms with E-state index in [9.17, 15) is 9.59 Å². The first-order chi connectivity index (χ1) is 10.0. The average molecular weight is 311 g/mol. The number of halogens is 1. The molecule has 0 spiro atoms. The van der Waals surface area contributed by atoms with Gasteiger partial charge in [0.05, 0.1) is 6.61 Å². The Balaban J connectivity index is 2.97. The Labute approximate surface area is 129 Å². The maximum atomic E-state index is 12.5. The Bertz CT molecular complexity index is 532. The number of hydrogen-bond donors (Lipinski definition) is 0. The van der Waals surface area contributed by atoms with Crippen LogP contribution in [0.5, 0.6) is 0 Å². The van der Waals surface area contributed by atoms with Gasteiger partial charge in [-0.1, -0.05) is 24.6 Å². The summed E-state index contributed by atoms with van der Waals surface area (Å²) in [4.78, 5) is 29.5. The summed E-state index contributed by atoms with van der Waals surface area (Å²) in [5.74, 6) is -0.759. The van der Waals surface area contributed by atoms with Gasteiger partial charge < -0.3 is 9.64 Å². The second kappa shape index (κ2) is 8.42. The number of nitrogens with zero attached hydrogens (tertiary/aromatic N) is 2. The van der Waals surface area contributed by atoms with Gasteiger partial charge in [0.15, 0.2) is 0 Å². The van der Waals surface area contributed by atoms with Crippen LogP contribution >= 0.6 is 11.6 Å². The molecule has 21 heavy (non-hydrogen) atoms. The van der Waals surface area contributed by atoms with Gasteiger partial charge in [0.25, 0.3) is 5.91 Å². The highest BCUT2D eigenvalue weighted by Gasteiger charge is 2.19. The zero-order valence-electron chi connectivity index (χ0n) is 12.3. The Morgan fingerprint density at radius 3 is 2.71 bits per heavy atom. The molecule has 114 valence electrons. The molecular formula is C15H19ClN2O3. The lowest BCUT2D eigenvalue weighted by Gasteiger charge is -2.20. The molecule has 1 rings (SSSR count). The molecule has 0 aliphatic heterocycles. The average Bonchev–Trinajstić information content (AvgIpc) is 2.45. The van der Waals surface area contributed by atoms with Crippen LogP contribution < -0.4 is 0 Å². The van der Waals surface area contributed by atoms with Crippen LogP contribution in [-0.2, 0) is 16.0 Å². The smallest absolute Gasteiger partial charge is 0.325 e. The molecule has 1 heterocycles. The van der Waals surface area contributed by atoms with E-state index in [1.807, 2.05) is 6.92 Å². The van der Waals surface area contributed by atoms with Crippen molar-refractivity contribution in [1.29, 1.82) is 0 Å². The normalized spacial score (nSPS) is 10.0. The molecule has 1 aromatic heterocycles. The summed E-state index contributed by atoms with van der Waals surface area (Å²) in [6, 6.07) is 3.17. The van der Waals surface area contributed by atoms with Gasteiger partial charge in [-0.05, 0) is 25.5 Å². The predicted molar refractivity (Wildman–Crippen MR) is 81.4 cm³/mol. The number of aromatic nitrogens is 1. The minimum atomic E-state index is -0.455. The predicted octanol–water partition coefficient (Wildman–Crippen LogP) is 2.49. The van der Waals surface area contributed by atoms with Crippen molar-refractivity contribution in [2.24, 2.45) is 0 Å². The standard InChI is InChI=1S/C15H19ClN2O3/c1-4-7-18(10-14(19)21-6-3)15(20)11-8-12(5-2)17-13(16)9-11/h4,8-9H,1,5-7,10H2,2-3H3. The van der Waals surface area contributed by atoms with Crippen LogP contribution in [0, 0.1) is 0 Å². The Kier molecular flexibility index (Phi) is 6.88. The summed E-state index contributed by atoms with van der Waals surface area (Å²) in [6.07, 6.45) is 2.22. The molecule has 6 heteroatoms. The fourth-order valence-corrected chi connectivity index (χ4v) is 2.00. The second-order valence-corrected chi connectivity index (χ2v) is 4.69. The van der Waals surface area contributed by atoms with Crippen molar-refractivity contribution >= 4 is 23.5 Å². The Morgan fingerprint density at radius 2 is 2.14 bits per heavy atom. The van der Waals surface area contributed by atoms with Crippen molar-refractivity contribution < 1.29 is 14.3 Å². The molecule has 0 bridgehead atoms. The van der Waals surface area contributed by atoms with Gasteiger partial charge in [0.2, 0.25) is 0 Å². The monoisotopic (exact) mass is 310 g/mol. The maximum absolute atomic E-state index is 12.5. The van der Waals surface area contributed by atoms with E-state index in [0.29, 0.717) is 12.0 Å². The number of aryl methyl sites for hydroxylation is 1. The molecule has 0 saturated carbocycles. The number of pyridine rings is 1. The van der Waals surface area contributed by atoms with E-state index in [4.69, 9.17) is 16.3 Å². The minimum absolute atomic E-state index is 0.125. The van der Waals surface area contributed by atoms with Crippen LogP contribution in [0.15, 0.2) is 24.8 Å². The van der Waals surface area contributed by atoms with Gasteiger partial charge in [0.1, 0.15) is 11.7 Å². The molecule has 0 aliphatic rings. The molecule has 0 aromatic carbocycles. The number of carbonyl (C=O) groups is 2. The summed E-state index contributed by atoms with van der Waals surface area (Å²) in [6.45, 7) is 7.63. The number of hydrogen-bond acceptors (Lipinski definition) is 4. The van der Waals surface area contributed by atoms with Crippen molar-refractivity contribution in [2.75, 3.05) is 19.7 Å². The molecule has 0 unspecified atom stereocenters. The van der Waals surface area contributed by atoms with Crippen LogP contribution in [0.2, 0.25) is 5.15 Å². The number of carbonyl (C=O) groups excluding carboxylic acids is 2. The molecular weight excluding hydrogens is 292 g/mol. The van der Waals surface area contributed by atoms with Crippen LogP contribution in [-0.4, -0.2) is 41.5 Å². The minimum Gasteiger partial charge on any atom is -0.465 e. The van der Waals surface area contributed by atoms with Gasteiger partial charge in [-0.25, -0.2) is 4.98 Å². The number of esters is 1. The van der Waals surface area contributed by atoms with Gasteiger partial charge in [-0.3, -0.25) is 9.59 Å². The third-order valence-corrected chi connectivity index (χ3v) is 2.91. The summed E-state index contributed by atoms with van der Waals surface area (Å²) in [5.41, 5.74) is 1.12. The fourth-order valence-electron chi connectivity index (χ4n) is 1.78. The van der Waals surface area contributed by atoms with E-state index < -0.39 is 5.97 Å². The van der Waals surface area contributed by atoms with E-state index in [1.54, 1.807) is 19.1 Å². The van der Waals surface area contributed by atoms with Crippen molar-refractivity contribution in [2.45, 2.75) is 20.3 Å². The molecule has 1 amide bonds. The van der Waals surface area contributed by atoms with Crippen LogP contribution in [0.1, 0.15) is 29.9 Å². The van der Waals surface area contributed by atoms with E-state index in [0.717, 1.165) is 5.69 Å². The number of rotatable bonds is 7. The molecule has 5 nitrogen and oxygen atoms in total. The zero-order valence-corrected chi connectivity index (χ0v) is 13.0. The first-order valence-electron chi connectivity index (χ1n) is 6.74. The van der Waals surface area contributed by atoms with Gasteiger partial charge in [-0.2, -0.15) is 0 Å². The van der Waals surface area contributed by atoms with Crippen LogP contribution in [0.3, 0.4) is 0 Å². The Morgan fingerprint density at radius 1 is 1.43 bits per heavy atom. The van der Waals surface area contributed by atoms with Crippen LogP contribution in [0.25, 0.3) is 0 Å². The molecule has 1 aromatic rings. The quantitative estimate of drug-likeness (QED) is 0.441. The Hall–Kier alpha value is -1.88. The van der Waals surface area contributed by atoms with E-state index in [1.165, 1.54) is 11.0 Å². The van der Waals surface area contributed by atoms with Crippen LogP contribution in [0.4, 0.5) is 0 Å². The summed E-state index contributed by atoms with van der Waals surface area (Å²) in [5, 5.41) is 0.257. The molecule has 0 N–H and O–H groups in total. The van der Waals surface area contributed by atoms with Crippen molar-refractivity contribution in [3.05, 3.63) is 41.2 Å². The lowest BCUT2D eigenvalue weighted by molar-refractivity contribution is -0.143.